The van der Waals surface area contributed by atoms with Crippen LogP contribution in [0.4, 0.5) is 0 Å². The maximum atomic E-state index is 12.5. The van der Waals surface area contributed by atoms with Gasteiger partial charge in [0.05, 0.1) is 12.5 Å². The molecule has 1 unspecified atom stereocenters. The number of hydrogen-bond donors (Lipinski definition) is 2. The normalized spacial score (nSPS) is 11.9. The standard InChI is InChI=1S/C27H27NO5/c1-31-22-9-7-19(8-10-22)13-14-28-17-21(29)18-32-23-11-12-24-25(30)16-26(33-27(24)15-23)20-5-3-2-4-6-20/h2-12,15-16,21,28-29H,13-14,17-18H2,1H3. The van der Waals surface area contributed by atoms with Crippen LogP contribution >= 0.6 is 0 Å². The van der Waals surface area contributed by atoms with E-state index in [4.69, 9.17) is 13.9 Å². The summed E-state index contributed by atoms with van der Waals surface area (Å²) in [4.78, 5) is 12.5. The van der Waals surface area contributed by atoms with Gasteiger partial charge in [0, 0.05) is 24.2 Å². The number of nitrogens with one attached hydrogen (secondary N) is 1. The molecule has 0 spiro atoms. The van der Waals surface area contributed by atoms with Gasteiger partial charge in [-0.3, -0.25) is 4.79 Å². The highest BCUT2D eigenvalue weighted by Crippen LogP contribution is 2.25. The number of methoxy groups -OCH3 is 1. The predicted molar refractivity (Wildman–Crippen MR) is 129 cm³/mol. The number of ether oxygens (including phenoxy) is 2. The monoisotopic (exact) mass is 445 g/mol. The Balaban J connectivity index is 1.30. The highest BCUT2D eigenvalue weighted by atomic mass is 16.5. The summed E-state index contributed by atoms with van der Waals surface area (Å²) in [6.07, 6.45) is 0.185. The van der Waals surface area contributed by atoms with E-state index in [2.05, 4.69) is 5.32 Å². The van der Waals surface area contributed by atoms with Crippen molar-refractivity contribution >= 4 is 11.0 Å². The zero-order valence-corrected chi connectivity index (χ0v) is 18.5. The van der Waals surface area contributed by atoms with Crippen LogP contribution in [-0.2, 0) is 6.42 Å². The molecule has 33 heavy (non-hydrogen) atoms. The van der Waals surface area contributed by atoms with Crippen LogP contribution in [0, 0.1) is 0 Å². The molecule has 2 N–H and O–H groups in total. The van der Waals surface area contributed by atoms with Gasteiger partial charge in [0.2, 0.25) is 0 Å². The van der Waals surface area contributed by atoms with Crippen molar-refractivity contribution < 1.29 is 19.0 Å². The second kappa shape index (κ2) is 10.8. The van der Waals surface area contributed by atoms with E-state index < -0.39 is 6.10 Å². The number of aliphatic hydroxyl groups excluding tert-OH is 1. The summed E-state index contributed by atoms with van der Waals surface area (Å²) in [5, 5.41) is 14.0. The second-order valence-corrected chi connectivity index (χ2v) is 7.77. The minimum absolute atomic E-state index is 0.109. The van der Waals surface area contributed by atoms with Crippen LogP contribution in [0.2, 0.25) is 0 Å². The fraction of sp³-hybridized carbons (Fsp3) is 0.222. The molecule has 4 aromatic rings. The van der Waals surface area contributed by atoms with E-state index in [9.17, 15) is 9.90 Å². The van der Waals surface area contributed by atoms with Crippen LogP contribution in [-0.4, -0.2) is 38.0 Å². The molecule has 4 rings (SSSR count). The first-order valence-corrected chi connectivity index (χ1v) is 10.9. The van der Waals surface area contributed by atoms with Gasteiger partial charge in [0.15, 0.2) is 5.43 Å². The van der Waals surface area contributed by atoms with Crippen LogP contribution in [0.25, 0.3) is 22.3 Å². The van der Waals surface area contributed by atoms with Crippen molar-refractivity contribution in [3.05, 3.63) is 94.6 Å². The fourth-order valence-electron chi connectivity index (χ4n) is 3.51. The van der Waals surface area contributed by atoms with Gasteiger partial charge >= 0.3 is 0 Å². The molecule has 0 aliphatic heterocycles. The molecule has 0 saturated heterocycles. The van der Waals surface area contributed by atoms with Gasteiger partial charge in [0.25, 0.3) is 0 Å². The third-order valence-electron chi connectivity index (χ3n) is 5.33. The third kappa shape index (κ3) is 6.00. The number of benzene rings is 3. The van der Waals surface area contributed by atoms with Crippen molar-refractivity contribution in [2.75, 3.05) is 26.8 Å². The smallest absolute Gasteiger partial charge is 0.193 e. The molecule has 0 amide bonds. The van der Waals surface area contributed by atoms with Crippen molar-refractivity contribution in [2.45, 2.75) is 12.5 Å². The molecule has 0 aliphatic carbocycles. The summed E-state index contributed by atoms with van der Waals surface area (Å²) in [5.74, 6) is 1.88. The van der Waals surface area contributed by atoms with E-state index in [1.54, 1.807) is 25.3 Å². The molecule has 6 heteroatoms. The molecule has 1 heterocycles. The van der Waals surface area contributed by atoms with Gasteiger partial charge in [-0.25, -0.2) is 0 Å². The fourth-order valence-corrected chi connectivity index (χ4v) is 3.51. The molecule has 6 nitrogen and oxygen atoms in total. The lowest BCUT2D eigenvalue weighted by Crippen LogP contribution is -2.32. The summed E-state index contributed by atoms with van der Waals surface area (Å²) in [6, 6.07) is 24.0. The molecule has 1 aromatic heterocycles. The van der Waals surface area contributed by atoms with E-state index in [0.29, 0.717) is 29.0 Å². The molecule has 170 valence electrons. The molecule has 1 atom stereocenters. The Bertz CT molecular complexity index is 1240. The Kier molecular flexibility index (Phi) is 7.40. The molecule has 0 bridgehead atoms. The van der Waals surface area contributed by atoms with Crippen molar-refractivity contribution in [2.24, 2.45) is 0 Å². The van der Waals surface area contributed by atoms with E-state index in [0.717, 1.165) is 24.3 Å². The van der Waals surface area contributed by atoms with Gasteiger partial charge in [-0.05, 0) is 42.8 Å². The van der Waals surface area contributed by atoms with Crippen LogP contribution in [0.3, 0.4) is 0 Å². The van der Waals surface area contributed by atoms with Crippen molar-refractivity contribution in [3.8, 4) is 22.8 Å². The zero-order valence-electron chi connectivity index (χ0n) is 18.5. The summed E-state index contributed by atoms with van der Waals surface area (Å²) >= 11 is 0. The predicted octanol–water partition coefficient (Wildman–Crippen LogP) is 4.04. The minimum Gasteiger partial charge on any atom is -0.497 e. The maximum absolute atomic E-state index is 12.5. The van der Waals surface area contributed by atoms with Gasteiger partial charge in [-0.1, -0.05) is 42.5 Å². The van der Waals surface area contributed by atoms with Gasteiger partial charge < -0.3 is 24.3 Å². The number of aliphatic hydroxyl groups is 1. The number of fused-ring (bicyclic) bond motifs is 1. The number of hydrogen-bond acceptors (Lipinski definition) is 6. The zero-order chi connectivity index (χ0) is 23.0. The van der Waals surface area contributed by atoms with Crippen LogP contribution < -0.4 is 20.2 Å². The Labute approximate surface area is 192 Å². The van der Waals surface area contributed by atoms with Gasteiger partial charge in [-0.15, -0.1) is 0 Å². The summed E-state index contributed by atoms with van der Waals surface area (Å²) in [5.41, 5.74) is 2.37. The summed E-state index contributed by atoms with van der Waals surface area (Å²) in [6.45, 7) is 1.29. The SMILES string of the molecule is COc1ccc(CCNCC(O)COc2ccc3c(=O)cc(-c4ccccc4)oc3c2)cc1. The highest BCUT2D eigenvalue weighted by Gasteiger charge is 2.10. The Morgan fingerprint density at radius 1 is 0.970 bits per heavy atom. The average Bonchev–Trinajstić information content (AvgIpc) is 2.86. The Morgan fingerprint density at radius 2 is 1.73 bits per heavy atom. The highest BCUT2D eigenvalue weighted by molar-refractivity contribution is 5.80. The minimum atomic E-state index is -0.667. The Hall–Kier alpha value is -3.61. The maximum Gasteiger partial charge on any atom is 0.193 e. The largest absolute Gasteiger partial charge is 0.497 e. The first kappa shape index (κ1) is 22.6. The van der Waals surface area contributed by atoms with E-state index in [1.807, 2.05) is 54.6 Å². The van der Waals surface area contributed by atoms with E-state index in [1.165, 1.54) is 11.6 Å². The summed E-state index contributed by atoms with van der Waals surface area (Å²) in [7, 11) is 1.65. The van der Waals surface area contributed by atoms with Crippen molar-refractivity contribution in [1.82, 2.24) is 5.32 Å². The van der Waals surface area contributed by atoms with Crippen LogP contribution in [0.15, 0.2) is 88.1 Å². The Morgan fingerprint density at radius 3 is 2.48 bits per heavy atom. The van der Waals surface area contributed by atoms with Crippen molar-refractivity contribution in [1.29, 1.82) is 0 Å². The molecular formula is C27H27NO5. The topological polar surface area (TPSA) is 80.9 Å². The van der Waals surface area contributed by atoms with E-state index in [-0.39, 0.29) is 12.0 Å². The molecular weight excluding hydrogens is 418 g/mol. The van der Waals surface area contributed by atoms with E-state index >= 15 is 0 Å². The lowest BCUT2D eigenvalue weighted by molar-refractivity contribution is 0.106. The first-order valence-electron chi connectivity index (χ1n) is 10.9. The van der Waals surface area contributed by atoms with Gasteiger partial charge in [-0.2, -0.15) is 0 Å². The van der Waals surface area contributed by atoms with Crippen LogP contribution in [0.1, 0.15) is 5.56 Å². The first-order chi connectivity index (χ1) is 16.1. The van der Waals surface area contributed by atoms with Gasteiger partial charge in [0.1, 0.15) is 35.6 Å². The molecule has 3 aromatic carbocycles. The molecule has 0 aliphatic rings. The third-order valence-corrected chi connectivity index (χ3v) is 5.33. The van der Waals surface area contributed by atoms with Crippen LogP contribution in [0.5, 0.6) is 11.5 Å². The van der Waals surface area contributed by atoms with Crippen molar-refractivity contribution in [3.63, 3.8) is 0 Å². The average molecular weight is 446 g/mol. The quantitative estimate of drug-likeness (QED) is 0.359. The molecule has 0 saturated carbocycles. The lowest BCUT2D eigenvalue weighted by Gasteiger charge is -2.14. The number of rotatable bonds is 10. The second-order valence-electron chi connectivity index (χ2n) is 7.77. The molecule has 0 fully saturated rings. The molecule has 0 radical (unpaired) electrons. The summed E-state index contributed by atoms with van der Waals surface area (Å²) < 4.78 is 16.8. The lowest BCUT2D eigenvalue weighted by atomic mass is 10.1.